The molecule has 14 heavy (non-hydrogen) atoms. The van der Waals surface area contributed by atoms with Crippen molar-refractivity contribution < 1.29 is 4.79 Å². The molecule has 0 unspecified atom stereocenters. The summed E-state index contributed by atoms with van der Waals surface area (Å²) in [6, 6.07) is 0. The Bertz CT molecular complexity index is 485. The van der Waals surface area contributed by atoms with Crippen LogP contribution in [-0.2, 0) is 7.05 Å². The maximum Gasteiger partial charge on any atom is 0.329 e. The van der Waals surface area contributed by atoms with Crippen LogP contribution in [-0.4, -0.2) is 22.5 Å². The fourth-order valence-electron chi connectivity index (χ4n) is 0.981. The first-order valence-corrected chi connectivity index (χ1v) is 3.80. The van der Waals surface area contributed by atoms with Gasteiger partial charge in [-0.15, -0.1) is 0 Å². The van der Waals surface area contributed by atoms with Crippen LogP contribution in [0, 0.1) is 0 Å². The van der Waals surface area contributed by atoms with Gasteiger partial charge in [-0.25, -0.2) is 4.79 Å². The normalized spacial score (nSPS) is 9.86. The van der Waals surface area contributed by atoms with Gasteiger partial charge in [-0.2, -0.15) is 0 Å². The molecule has 7 nitrogen and oxygen atoms in total. The first kappa shape index (κ1) is 10.0. The Morgan fingerprint density at radius 1 is 1.50 bits per heavy atom. The number of amides is 1. The second kappa shape index (κ2) is 3.36. The zero-order valence-electron chi connectivity index (χ0n) is 7.75. The average Bonchev–Trinajstić information content (AvgIpc) is 2.14. The van der Waals surface area contributed by atoms with Crippen molar-refractivity contribution in [2.75, 3.05) is 12.8 Å². The highest BCUT2D eigenvalue weighted by Crippen LogP contribution is 2.00. The minimum Gasteiger partial charge on any atom is -0.384 e. The van der Waals surface area contributed by atoms with Gasteiger partial charge in [0.2, 0.25) is 0 Å². The lowest BCUT2D eigenvalue weighted by Crippen LogP contribution is -2.37. The van der Waals surface area contributed by atoms with Crippen LogP contribution in [0.5, 0.6) is 0 Å². The molecule has 4 N–H and O–H groups in total. The van der Waals surface area contributed by atoms with E-state index in [2.05, 4.69) is 5.32 Å². The highest BCUT2D eigenvalue weighted by atomic mass is 16.2. The van der Waals surface area contributed by atoms with E-state index in [0.717, 1.165) is 4.57 Å². The molecule has 0 fully saturated rings. The zero-order valence-corrected chi connectivity index (χ0v) is 7.75. The van der Waals surface area contributed by atoms with E-state index in [9.17, 15) is 14.4 Å². The fourth-order valence-corrected chi connectivity index (χ4v) is 0.981. The van der Waals surface area contributed by atoms with Crippen molar-refractivity contribution >= 4 is 11.7 Å². The number of nitrogens with zero attached hydrogens (tertiary/aromatic N) is 1. The van der Waals surface area contributed by atoms with Crippen LogP contribution in [0.15, 0.2) is 9.59 Å². The van der Waals surface area contributed by atoms with Gasteiger partial charge in [-0.1, -0.05) is 0 Å². The molecule has 0 radical (unpaired) electrons. The lowest BCUT2D eigenvalue weighted by molar-refractivity contribution is 0.0961. The number of carbonyl (C=O) groups is 1. The Balaban J connectivity index is 3.61. The van der Waals surface area contributed by atoms with Crippen LogP contribution < -0.4 is 22.3 Å². The molecular formula is C7H10N4O3. The number of H-pyrrole nitrogens is 1. The van der Waals surface area contributed by atoms with E-state index in [4.69, 9.17) is 5.73 Å². The number of hydrogen-bond donors (Lipinski definition) is 3. The van der Waals surface area contributed by atoms with E-state index in [1.807, 2.05) is 4.98 Å². The molecule has 0 spiro atoms. The second-order valence-corrected chi connectivity index (χ2v) is 2.66. The average molecular weight is 198 g/mol. The Kier molecular flexibility index (Phi) is 2.41. The van der Waals surface area contributed by atoms with Crippen LogP contribution >= 0.6 is 0 Å². The predicted molar refractivity (Wildman–Crippen MR) is 50.1 cm³/mol. The summed E-state index contributed by atoms with van der Waals surface area (Å²) in [5.74, 6) is -0.780. The number of hydrogen-bond acceptors (Lipinski definition) is 4. The smallest absolute Gasteiger partial charge is 0.329 e. The van der Waals surface area contributed by atoms with Gasteiger partial charge in [-0.3, -0.25) is 19.1 Å². The van der Waals surface area contributed by atoms with E-state index in [-0.39, 0.29) is 11.4 Å². The predicted octanol–water partition coefficient (Wildman–Crippen LogP) is -1.98. The summed E-state index contributed by atoms with van der Waals surface area (Å²) in [4.78, 5) is 35.4. The Labute approximate surface area is 78.5 Å². The Morgan fingerprint density at radius 3 is 2.57 bits per heavy atom. The molecule has 1 aromatic heterocycles. The third kappa shape index (κ3) is 1.39. The molecule has 0 aliphatic heterocycles. The van der Waals surface area contributed by atoms with Crippen molar-refractivity contribution in [1.29, 1.82) is 0 Å². The monoisotopic (exact) mass is 198 g/mol. The second-order valence-electron chi connectivity index (χ2n) is 2.66. The van der Waals surface area contributed by atoms with Crippen molar-refractivity contribution in [3.8, 4) is 0 Å². The summed E-state index contributed by atoms with van der Waals surface area (Å²) in [7, 11) is 2.73. The van der Waals surface area contributed by atoms with E-state index in [1.165, 1.54) is 14.1 Å². The van der Waals surface area contributed by atoms with Crippen LogP contribution in [0.25, 0.3) is 0 Å². The molecule has 76 valence electrons. The number of rotatable bonds is 1. The largest absolute Gasteiger partial charge is 0.384 e. The molecule has 0 saturated carbocycles. The zero-order chi connectivity index (χ0) is 10.9. The maximum atomic E-state index is 11.2. The van der Waals surface area contributed by atoms with Crippen LogP contribution in [0.4, 0.5) is 5.82 Å². The van der Waals surface area contributed by atoms with E-state index >= 15 is 0 Å². The summed E-state index contributed by atoms with van der Waals surface area (Å²) in [5, 5.41) is 2.26. The topological polar surface area (TPSA) is 110 Å². The number of nitrogens with one attached hydrogen (secondary N) is 2. The van der Waals surface area contributed by atoms with Gasteiger partial charge in [-0.05, 0) is 0 Å². The quantitative estimate of drug-likeness (QED) is 0.485. The van der Waals surface area contributed by atoms with Gasteiger partial charge in [0.25, 0.3) is 11.5 Å². The fraction of sp³-hybridized carbons (Fsp3) is 0.286. The van der Waals surface area contributed by atoms with Gasteiger partial charge in [0, 0.05) is 14.1 Å². The maximum absolute atomic E-state index is 11.2. The van der Waals surface area contributed by atoms with Crippen molar-refractivity contribution in [3.05, 3.63) is 26.4 Å². The molecule has 0 aromatic carbocycles. The molecule has 0 aliphatic rings. The Hall–Kier alpha value is -2.05. The minimum atomic E-state index is -0.787. The van der Waals surface area contributed by atoms with E-state index < -0.39 is 17.2 Å². The van der Waals surface area contributed by atoms with Crippen molar-refractivity contribution in [2.45, 2.75) is 0 Å². The molecule has 1 aromatic rings. The minimum absolute atomic E-state index is 0.155. The molecule has 0 saturated heterocycles. The first-order chi connectivity index (χ1) is 6.49. The van der Waals surface area contributed by atoms with E-state index in [0.29, 0.717) is 0 Å². The molecule has 0 bridgehead atoms. The number of aromatic amines is 1. The van der Waals surface area contributed by atoms with Gasteiger partial charge in [0.1, 0.15) is 11.4 Å². The number of aromatic nitrogens is 2. The van der Waals surface area contributed by atoms with Crippen molar-refractivity contribution in [1.82, 2.24) is 14.9 Å². The molecule has 0 atom stereocenters. The Morgan fingerprint density at radius 2 is 2.07 bits per heavy atom. The number of anilines is 1. The summed E-state index contributed by atoms with van der Waals surface area (Å²) < 4.78 is 0.992. The van der Waals surface area contributed by atoms with Crippen LogP contribution in [0.1, 0.15) is 10.4 Å². The standard InChI is InChI=1S/C7H10N4O3/c1-9-5(12)3-4(8)11(2)7(14)10-6(3)13/h8H2,1-2H3,(H,9,12)(H,10,13,14). The van der Waals surface area contributed by atoms with Crippen LogP contribution in [0.2, 0.25) is 0 Å². The van der Waals surface area contributed by atoms with Crippen LogP contribution in [0.3, 0.4) is 0 Å². The summed E-state index contributed by atoms with van der Waals surface area (Å²) >= 11 is 0. The molecule has 1 rings (SSSR count). The van der Waals surface area contributed by atoms with Gasteiger partial charge >= 0.3 is 5.69 Å². The summed E-state index contributed by atoms with van der Waals surface area (Å²) in [6.07, 6.45) is 0. The first-order valence-electron chi connectivity index (χ1n) is 3.80. The highest BCUT2D eigenvalue weighted by molar-refractivity contribution is 5.97. The van der Waals surface area contributed by atoms with Gasteiger partial charge in [0.05, 0.1) is 0 Å². The molecule has 1 amide bonds. The molecule has 1 heterocycles. The molecule has 0 aliphatic carbocycles. The van der Waals surface area contributed by atoms with Crippen molar-refractivity contribution in [2.24, 2.45) is 7.05 Å². The van der Waals surface area contributed by atoms with E-state index in [1.54, 1.807) is 0 Å². The number of nitrogen functional groups attached to an aromatic ring is 1. The summed E-state index contributed by atoms with van der Waals surface area (Å²) in [5.41, 5.74) is 3.75. The highest BCUT2D eigenvalue weighted by Gasteiger charge is 2.15. The lowest BCUT2D eigenvalue weighted by Gasteiger charge is -2.06. The SMILES string of the molecule is CNC(=O)c1c(N)n(C)c(=O)[nH]c1=O. The molecular weight excluding hydrogens is 188 g/mol. The lowest BCUT2D eigenvalue weighted by atomic mass is 10.3. The van der Waals surface area contributed by atoms with Crippen molar-refractivity contribution in [3.63, 3.8) is 0 Å². The number of carbonyl (C=O) groups excluding carboxylic acids is 1. The van der Waals surface area contributed by atoms with Gasteiger partial charge < -0.3 is 11.1 Å². The third-order valence-electron chi connectivity index (χ3n) is 1.82. The third-order valence-corrected chi connectivity index (χ3v) is 1.82. The molecule has 7 heteroatoms. The summed E-state index contributed by atoms with van der Waals surface area (Å²) in [6.45, 7) is 0. The number of nitrogens with two attached hydrogens (primary N) is 1. The van der Waals surface area contributed by atoms with Gasteiger partial charge in [0.15, 0.2) is 0 Å².